The van der Waals surface area contributed by atoms with Crippen molar-refractivity contribution in [1.82, 2.24) is 0 Å². The summed E-state index contributed by atoms with van der Waals surface area (Å²) in [6, 6.07) is 0. The first kappa shape index (κ1) is 61.6. The molecule has 0 aromatic carbocycles. The van der Waals surface area contributed by atoms with Crippen LogP contribution in [0, 0.1) is 0 Å². The summed E-state index contributed by atoms with van der Waals surface area (Å²) in [5, 5.41) is 0. The first-order chi connectivity index (χ1) is 31.6. The number of carbonyl (C=O) groups excluding carboxylic acids is 2. The highest BCUT2D eigenvalue weighted by Crippen LogP contribution is 2.14. The van der Waals surface area contributed by atoms with Crippen LogP contribution in [-0.2, 0) is 23.8 Å². The number of rotatable bonds is 51. The summed E-state index contributed by atoms with van der Waals surface area (Å²) < 4.78 is 17.4. The maximum atomic E-state index is 12.8. The van der Waals surface area contributed by atoms with Gasteiger partial charge in [-0.2, -0.15) is 0 Å². The Bertz CT molecular complexity index is 1100. The van der Waals surface area contributed by atoms with Gasteiger partial charge in [-0.05, 0) is 109 Å². The summed E-state index contributed by atoms with van der Waals surface area (Å²) in [5.41, 5.74) is 0. The maximum absolute atomic E-state index is 12.8. The molecule has 0 aliphatic rings. The molecular weight excluding hydrogens is 789 g/mol. The Morgan fingerprint density at radius 2 is 0.656 bits per heavy atom. The van der Waals surface area contributed by atoms with Crippen LogP contribution in [0.3, 0.4) is 0 Å². The third-order valence-corrected chi connectivity index (χ3v) is 12.0. The second kappa shape index (κ2) is 54.9. The van der Waals surface area contributed by atoms with Crippen LogP contribution in [0.15, 0.2) is 60.8 Å². The zero-order valence-corrected chi connectivity index (χ0v) is 42.8. The van der Waals surface area contributed by atoms with Gasteiger partial charge in [-0.15, -0.1) is 0 Å². The summed E-state index contributed by atoms with van der Waals surface area (Å²) in [6.07, 6.45) is 69.4. The van der Waals surface area contributed by atoms with E-state index in [0.717, 1.165) is 64.2 Å². The molecule has 372 valence electrons. The predicted molar refractivity (Wildman–Crippen MR) is 279 cm³/mol. The summed E-state index contributed by atoms with van der Waals surface area (Å²) in [7, 11) is 0. The van der Waals surface area contributed by atoms with Gasteiger partial charge < -0.3 is 14.2 Å². The van der Waals surface area contributed by atoms with Gasteiger partial charge in [0.2, 0.25) is 0 Å². The average molecular weight is 895 g/mol. The Morgan fingerprint density at radius 3 is 1.08 bits per heavy atom. The van der Waals surface area contributed by atoms with Crippen LogP contribution in [0.2, 0.25) is 0 Å². The normalized spacial score (nSPS) is 12.6. The molecule has 64 heavy (non-hydrogen) atoms. The number of allylic oxidation sites excluding steroid dienone is 10. The second-order valence-corrected chi connectivity index (χ2v) is 18.5. The van der Waals surface area contributed by atoms with Crippen LogP contribution in [0.25, 0.3) is 0 Å². The zero-order valence-electron chi connectivity index (χ0n) is 42.8. The molecule has 1 atom stereocenters. The summed E-state index contributed by atoms with van der Waals surface area (Å²) in [4.78, 5) is 25.5. The fraction of sp³-hybridized carbons (Fsp3) is 0.797. The summed E-state index contributed by atoms with van der Waals surface area (Å²) in [5.74, 6) is -0.410. The molecule has 0 radical (unpaired) electrons. The predicted octanol–water partition coefficient (Wildman–Crippen LogP) is 18.9. The molecule has 0 aromatic rings. The van der Waals surface area contributed by atoms with Gasteiger partial charge in [0.1, 0.15) is 6.61 Å². The molecule has 0 rings (SSSR count). The monoisotopic (exact) mass is 895 g/mol. The molecule has 0 saturated heterocycles. The molecular formula is C59H106O5. The van der Waals surface area contributed by atoms with E-state index >= 15 is 0 Å². The molecule has 0 saturated carbocycles. The lowest BCUT2D eigenvalue weighted by molar-refractivity contribution is -0.163. The molecule has 0 fully saturated rings. The second-order valence-electron chi connectivity index (χ2n) is 18.5. The minimum absolute atomic E-state index is 0.0757. The number of esters is 2. The van der Waals surface area contributed by atoms with Crippen LogP contribution < -0.4 is 0 Å². The van der Waals surface area contributed by atoms with Gasteiger partial charge in [-0.25, -0.2) is 0 Å². The Kier molecular flexibility index (Phi) is 52.9. The highest BCUT2D eigenvalue weighted by molar-refractivity contribution is 5.70. The molecule has 0 bridgehead atoms. The summed E-state index contributed by atoms with van der Waals surface area (Å²) in [6.45, 7) is 7.76. The van der Waals surface area contributed by atoms with E-state index in [1.165, 1.54) is 180 Å². The average Bonchev–Trinajstić information content (AvgIpc) is 3.30. The van der Waals surface area contributed by atoms with E-state index in [2.05, 4.69) is 81.5 Å². The highest BCUT2D eigenvalue weighted by Gasteiger charge is 2.17. The van der Waals surface area contributed by atoms with Crippen molar-refractivity contribution in [2.45, 2.75) is 284 Å². The molecule has 1 unspecified atom stereocenters. The van der Waals surface area contributed by atoms with E-state index in [0.29, 0.717) is 19.4 Å². The van der Waals surface area contributed by atoms with Gasteiger partial charge in [0.05, 0.1) is 6.61 Å². The number of ether oxygens (including phenoxy) is 3. The lowest BCUT2D eigenvalue weighted by Gasteiger charge is -2.18. The van der Waals surface area contributed by atoms with E-state index in [1.807, 2.05) is 0 Å². The largest absolute Gasteiger partial charge is 0.462 e. The quantitative estimate of drug-likeness (QED) is 0.0346. The van der Waals surface area contributed by atoms with Crippen LogP contribution in [0.1, 0.15) is 278 Å². The molecule has 0 aromatic heterocycles. The number of hydrogen-bond acceptors (Lipinski definition) is 5. The lowest BCUT2D eigenvalue weighted by atomic mass is 10.1. The number of hydrogen-bond donors (Lipinski definition) is 0. The van der Waals surface area contributed by atoms with Crippen LogP contribution in [0.5, 0.6) is 0 Å². The van der Waals surface area contributed by atoms with Gasteiger partial charge in [0, 0.05) is 19.4 Å². The third-order valence-electron chi connectivity index (χ3n) is 12.0. The fourth-order valence-electron chi connectivity index (χ4n) is 7.80. The minimum atomic E-state index is -0.548. The van der Waals surface area contributed by atoms with Gasteiger partial charge >= 0.3 is 11.9 Å². The Balaban J connectivity index is 4.26. The molecule has 0 amide bonds. The zero-order chi connectivity index (χ0) is 46.3. The molecule has 0 heterocycles. The van der Waals surface area contributed by atoms with Crippen molar-refractivity contribution >= 4 is 11.9 Å². The topological polar surface area (TPSA) is 61.8 Å². The first-order valence-corrected chi connectivity index (χ1v) is 27.8. The molecule has 5 heteroatoms. The molecule has 0 aliphatic heterocycles. The molecule has 0 spiro atoms. The van der Waals surface area contributed by atoms with E-state index in [-0.39, 0.29) is 25.2 Å². The van der Waals surface area contributed by atoms with Crippen molar-refractivity contribution < 1.29 is 23.8 Å². The lowest BCUT2D eigenvalue weighted by Crippen LogP contribution is -2.30. The number of unbranched alkanes of at least 4 members (excludes halogenated alkanes) is 30. The highest BCUT2D eigenvalue weighted by atomic mass is 16.6. The minimum Gasteiger partial charge on any atom is -0.462 e. The van der Waals surface area contributed by atoms with Crippen molar-refractivity contribution in [2.75, 3.05) is 19.8 Å². The molecule has 0 N–H and O–H groups in total. The Hall–Kier alpha value is -2.40. The van der Waals surface area contributed by atoms with Crippen LogP contribution >= 0.6 is 0 Å². The van der Waals surface area contributed by atoms with Gasteiger partial charge in [-0.3, -0.25) is 9.59 Å². The maximum Gasteiger partial charge on any atom is 0.306 e. The van der Waals surface area contributed by atoms with E-state index in [1.54, 1.807) is 0 Å². The fourth-order valence-corrected chi connectivity index (χ4v) is 7.80. The van der Waals surface area contributed by atoms with Crippen LogP contribution in [-0.4, -0.2) is 37.9 Å². The summed E-state index contributed by atoms with van der Waals surface area (Å²) >= 11 is 0. The smallest absolute Gasteiger partial charge is 0.306 e. The van der Waals surface area contributed by atoms with Crippen molar-refractivity contribution in [1.29, 1.82) is 0 Å². The van der Waals surface area contributed by atoms with E-state index < -0.39 is 6.10 Å². The third kappa shape index (κ3) is 52.2. The first-order valence-electron chi connectivity index (χ1n) is 27.8. The van der Waals surface area contributed by atoms with Crippen molar-refractivity contribution in [3.05, 3.63) is 60.8 Å². The van der Waals surface area contributed by atoms with Crippen molar-refractivity contribution in [2.24, 2.45) is 0 Å². The van der Waals surface area contributed by atoms with E-state index in [4.69, 9.17) is 14.2 Å². The van der Waals surface area contributed by atoms with Crippen LogP contribution in [0.4, 0.5) is 0 Å². The molecule has 5 nitrogen and oxygen atoms in total. The number of carbonyl (C=O) groups is 2. The van der Waals surface area contributed by atoms with Gasteiger partial charge in [0.15, 0.2) is 6.10 Å². The van der Waals surface area contributed by atoms with Gasteiger partial charge in [-0.1, -0.05) is 216 Å². The Labute approximate surface area is 398 Å². The Morgan fingerprint density at radius 1 is 0.344 bits per heavy atom. The van der Waals surface area contributed by atoms with Crippen molar-refractivity contribution in [3.63, 3.8) is 0 Å². The van der Waals surface area contributed by atoms with Gasteiger partial charge in [0.25, 0.3) is 0 Å². The molecule has 0 aliphatic carbocycles. The van der Waals surface area contributed by atoms with Crippen molar-refractivity contribution in [3.8, 4) is 0 Å². The SMILES string of the molecule is CCCCC/C=C\C/C=C\CCCCCCCCCCCC(=O)OCC(COCCCCCCCC/C=C\C/C=C\CCCCC)OC(=O)CCCCCCC/C=C\CCCCCC. The standard InChI is InChI=1S/C59H106O5/c1-4-7-10-13-16-19-22-25-27-29-30-31-32-35-37-40-43-46-49-52-58(60)63-56-57(64-59(61)53-50-47-44-41-38-34-24-21-18-15-12-9-6-3)55-62-54-51-48-45-42-39-36-33-28-26-23-20-17-14-11-8-5-2/h16-17,19-21,24-28,57H,4-15,18,22-23,29-56H2,1-3H3/b19-16-,20-17-,24-21-,27-25-,28-26-. The van der Waals surface area contributed by atoms with E-state index in [9.17, 15) is 9.59 Å².